The van der Waals surface area contributed by atoms with Gasteiger partial charge in [0.1, 0.15) is 5.75 Å². The van der Waals surface area contributed by atoms with Crippen LogP contribution >= 0.6 is 0 Å². The lowest BCUT2D eigenvalue weighted by Crippen LogP contribution is -1.96. The van der Waals surface area contributed by atoms with E-state index in [1.807, 2.05) is 0 Å². The molecule has 0 spiro atoms. The second kappa shape index (κ2) is 6.57. The second-order valence-corrected chi connectivity index (χ2v) is 4.68. The molecule has 0 bridgehead atoms. The number of ether oxygens (including phenoxy) is 1. The van der Waals surface area contributed by atoms with Gasteiger partial charge in [-0.1, -0.05) is 45.7 Å². The van der Waals surface area contributed by atoms with Crippen LogP contribution in [0, 0.1) is 0 Å². The summed E-state index contributed by atoms with van der Waals surface area (Å²) in [4.78, 5) is 0. The van der Waals surface area contributed by atoms with Crippen molar-refractivity contribution in [3.05, 3.63) is 29.3 Å². The quantitative estimate of drug-likeness (QED) is 0.639. The van der Waals surface area contributed by atoms with Crippen molar-refractivity contribution in [2.75, 3.05) is 7.11 Å². The first-order valence-electron chi connectivity index (χ1n) is 6.35. The van der Waals surface area contributed by atoms with Crippen LogP contribution in [-0.2, 0) is 6.42 Å². The van der Waals surface area contributed by atoms with Gasteiger partial charge >= 0.3 is 0 Å². The molecule has 0 saturated carbocycles. The summed E-state index contributed by atoms with van der Waals surface area (Å²) in [7, 11) is 1.77. The van der Waals surface area contributed by atoms with Crippen molar-refractivity contribution in [3.8, 4) is 5.75 Å². The fraction of sp³-hybridized carbons (Fsp3) is 0.600. The Morgan fingerprint density at radius 2 is 1.94 bits per heavy atom. The maximum absolute atomic E-state index is 5.47. The molecular formula is C15H24O. The Balaban J connectivity index is 2.76. The summed E-state index contributed by atoms with van der Waals surface area (Å²) in [6, 6.07) is 6.64. The highest BCUT2D eigenvalue weighted by Gasteiger charge is 2.06. The third-order valence-electron chi connectivity index (χ3n) is 3.03. The molecule has 1 heteroatoms. The SMILES string of the molecule is CCCCCc1ccc(C(C)C)cc1OC. The van der Waals surface area contributed by atoms with Gasteiger partial charge in [-0.3, -0.25) is 0 Å². The van der Waals surface area contributed by atoms with Gasteiger partial charge in [-0.25, -0.2) is 0 Å². The number of hydrogen-bond acceptors (Lipinski definition) is 1. The van der Waals surface area contributed by atoms with Crippen molar-refractivity contribution in [1.29, 1.82) is 0 Å². The molecule has 1 nitrogen and oxygen atoms in total. The van der Waals surface area contributed by atoms with E-state index in [0.717, 1.165) is 12.2 Å². The third-order valence-corrected chi connectivity index (χ3v) is 3.03. The number of rotatable bonds is 6. The van der Waals surface area contributed by atoms with E-state index >= 15 is 0 Å². The maximum Gasteiger partial charge on any atom is 0.122 e. The zero-order valence-electron chi connectivity index (χ0n) is 11.0. The molecule has 0 heterocycles. The first-order chi connectivity index (χ1) is 7.69. The van der Waals surface area contributed by atoms with Gasteiger partial charge in [-0.05, 0) is 36.0 Å². The van der Waals surface area contributed by atoms with Gasteiger partial charge in [0.2, 0.25) is 0 Å². The van der Waals surface area contributed by atoms with Crippen molar-refractivity contribution >= 4 is 0 Å². The monoisotopic (exact) mass is 220 g/mol. The minimum absolute atomic E-state index is 0.568. The summed E-state index contributed by atoms with van der Waals surface area (Å²) in [5, 5.41) is 0. The lowest BCUT2D eigenvalue weighted by molar-refractivity contribution is 0.408. The lowest BCUT2D eigenvalue weighted by atomic mass is 9.98. The number of hydrogen-bond donors (Lipinski definition) is 0. The zero-order chi connectivity index (χ0) is 12.0. The van der Waals surface area contributed by atoms with Crippen LogP contribution in [0.15, 0.2) is 18.2 Å². The molecule has 0 aliphatic heterocycles. The number of unbranched alkanes of at least 4 members (excludes halogenated alkanes) is 2. The first kappa shape index (κ1) is 13.1. The molecule has 0 amide bonds. The first-order valence-corrected chi connectivity index (χ1v) is 6.35. The van der Waals surface area contributed by atoms with Crippen LogP contribution in [0.4, 0.5) is 0 Å². The molecule has 0 saturated heterocycles. The fourth-order valence-electron chi connectivity index (χ4n) is 1.89. The molecule has 1 rings (SSSR count). The molecule has 1 aromatic rings. The highest BCUT2D eigenvalue weighted by atomic mass is 16.5. The zero-order valence-corrected chi connectivity index (χ0v) is 11.0. The summed E-state index contributed by atoms with van der Waals surface area (Å²) >= 11 is 0. The van der Waals surface area contributed by atoms with E-state index in [2.05, 4.69) is 39.0 Å². The average molecular weight is 220 g/mol. The minimum atomic E-state index is 0.568. The number of methoxy groups -OCH3 is 1. The Morgan fingerprint density at radius 3 is 2.50 bits per heavy atom. The third kappa shape index (κ3) is 3.55. The molecule has 0 aliphatic rings. The predicted molar refractivity (Wildman–Crippen MR) is 70.3 cm³/mol. The highest BCUT2D eigenvalue weighted by Crippen LogP contribution is 2.26. The van der Waals surface area contributed by atoms with Crippen molar-refractivity contribution in [3.63, 3.8) is 0 Å². The topological polar surface area (TPSA) is 9.23 Å². The van der Waals surface area contributed by atoms with Crippen LogP contribution in [0.3, 0.4) is 0 Å². The molecule has 0 radical (unpaired) electrons. The maximum atomic E-state index is 5.47. The van der Waals surface area contributed by atoms with Gasteiger partial charge in [0.15, 0.2) is 0 Å². The lowest BCUT2D eigenvalue weighted by Gasteiger charge is -2.12. The summed E-state index contributed by atoms with van der Waals surface area (Å²) in [6.45, 7) is 6.66. The highest BCUT2D eigenvalue weighted by molar-refractivity contribution is 5.38. The average Bonchev–Trinajstić information content (AvgIpc) is 2.29. The Kier molecular flexibility index (Phi) is 5.37. The van der Waals surface area contributed by atoms with Crippen LogP contribution < -0.4 is 4.74 Å². The number of aryl methyl sites for hydroxylation is 1. The van der Waals surface area contributed by atoms with Crippen LogP contribution in [0.2, 0.25) is 0 Å². The minimum Gasteiger partial charge on any atom is -0.496 e. The summed E-state index contributed by atoms with van der Waals surface area (Å²) < 4.78 is 5.47. The molecule has 90 valence electrons. The molecule has 0 unspecified atom stereocenters. The Hall–Kier alpha value is -0.980. The largest absolute Gasteiger partial charge is 0.496 e. The van der Waals surface area contributed by atoms with Gasteiger partial charge in [0, 0.05) is 0 Å². The van der Waals surface area contributed by atoms with Crippen molar-refractivity contribution in [2.24, 2.45) is 0 Å². The van der Waals surface area contributed by atoms with Gasteiger partial charge < -0.3 is 4.74 Å². The van der Waals surface area contributed by atoms with Crippen LogP contribution in [-0.4, -0.2) is 7.11 Å². The van der Waals surface area contributed by atoms with E-state index in [1.54, 1.807) is 7.11 Å². The van der Waals surface area contributed by atoms with E-state index in [-0.39, 0.29) is 0 Å². The Morgan fingerprint density at radius 1 is 1.19 bits per heavy atom. The van der Waals surface area contributed by atoms with Crippen molar-refractivity contribution in [2.45, 2.75) is 52.4 Å². The smallest absolute Gasteiger partial charge is 0.122 e. The Bertz CT molecular complexity index is 315. The normalized spacial score (nSPS) is 10.8. The standard InChI is InChI=1S/C15H24O/c1-5-6-7-8-13-9-10-14(12(2)3)11-15(13)16-4/h9-12H,5-8H2,1-4H3. The molecule has 0 aliphatic carbocycles. The van der Waals surface area contributed by atoms with Crippen LogP contribution in [0.25, 0.3) is 0 Å². The van der Waals surface area contributed by atoms with E-state index in [4.69, 9.17) is 4.74 Å². The van der Waals surface area contributed by atoms with E-state index in [1.165, 1.54) is 30.4 Å². The van der Waals surface area contributed by atoms with Crippen molar-refractivity contribution < 1.29 is 4.74 Å². The molecule has 0 N–H and O–H groups in total. The van der Waals surface area contributed by atoms with Crippen LogP contribution in [0.5, 0.6) is 5.75 Å². The van der Waals surface area contributed by atoms with Crippen molar-refractivity contribution in [1.82, 2.24) is 0 Å². The van der Waals surface area contributed by atoms with Gasteiger partial charge in [0.05, 0.1) is 7.11 Å². The van der Waals surface area contributed by atoms with Gasteiger partial charge in [0.25, 0.3) is 0 Å². The summed E-state index contributed by atoms with van der Waals surface area (Å²) in [5.41, 5.74) is 2.71. The predicted octanol–water partition coefficient (Wildman–Crippen LogP) is 4.55. The number of benzene rings is 1. The second-order valence-electron chi connectivity index (χ2n) is 4.68. The fourth-order valence-corrected chi connectivity index (χ4v) is 1.89. The van der Waals surface area contributed by atoms with Crippen LogP contribution in [0.1, 0.15) is 57.1 Å². The van der Waals surface area contributed by atoms with Gasteiger partial charge in [-0.15, -0.1) is 0 Å². The molecule has 0 fully saturated rings. The van der Waals surface area contributed by atoms with E-state index in [9.17, 15) is 0 Å². The molecule has 16 heavy (non-hydrogen) atoms. The molecular weight excluding hydrogens is 196 g/mol. The Labute approximate surface area is 99.8 Å². The summed E-state index contributed by atoms with van der Waals surface area (Å²) in [6.07, 6.45) is 4.96. The summed E-state index contributed by atoms with van der Waals surface area (Å²) in [5.74, 6) is 1.63. The van der Waals surface area contributed by atoms with E-state index < -0.39 is 0 Å². The molecule has 1 aromatic carbocycles. The molecule has 0 aromatic heterocycles. The van der Waals surface area contributed by atoms with Gasteiger partial charge in [-0.2, -0.15) is 0 Å². The molecule has 0 atom stereocenters. The van der Waals surface area contributed by atoms with E-state index in [0.29, 0.717) is 5.92 Å².